The molecule has 44 heavy (non-hydrogen) atoms. The minimum Gasteiger partial charge on any atom is -0.486 e. The van der Waals surface area contributed by atoms with Crippen LogP contribution in [0.3, 0.4) is 0 Å². The minimum atomic E-state index is -0.409. The lowest BCUT2D eigenvalue weighted by Gasteiger charge is -2.28. The summed E-state index contributed by atoms with van der Waals surface area (Å²) >= 11 is 8.10. The highest BCUT2D eigenvalue weighted by Crippen LogP contribution is 2.36. The van der Waals surface area contributed by atoms with E-state index < -0.39 is 10.5 Å². The SMILES string of the molecule is O=C(CS1=C2C(=C(Nc3ccc(OCc4cscn4)c(Cl)c3)N=CN2Cc2ccccc2)C=C1)NCCCN1CCOCC1. The molecule has 230 valence electrons. The van der Waals surface area contributed by atoms with Crippen molar-refractivity contribution in [2.75, 3.05) is 50.5 Å². The summed E-state index contributed by atoms with van der Waals surface area (Å²) in [6.45, 7) is 6.16. The third kappa shape index (κ3) is 7.96. The van der Waals surface area contributed by atoms with E-state index in [2.05, 4.69) is 49.0 Å². The van der Waals surface area contributed by atoms with Crippen LogP contribution in [0.5, 0.6) is 5.75 Å². The molecule has 1 unspecified atom stereocenters. The number of fused-ring (bicyclic) bond motifs is 1. The van der Waals surface area contributed by atoms with Gasteiger partial charge in [0.15, 0.2) is 0 Å². The summed E-state index contributed by atoms with van der Waals surface area (Å²) in [5, 5.41) is 11.2. The van der Waals surface area contributed by atoms with Crippen LogP contribution in [0.2, 0.25) is 5.02 Å². The fourth-order valence-electron chi connectivity index (χ4n) is 5.11. The van der Waals surface area contributed by atoms with Crippen LogP contribution in [0.1, 0.15) is 17.7 Å². The number of rotatable bonds is 13. The van der Waals surface area contributed by atoms with Crippen molar-refractivity contribution in [3.05, 3.63) is 98.6 Å². The predicted molar refractivity (Wildman–Crippen MR) is 181 cm³/mol. The number of nitrogens with one attached hydrogen (secondary N) is 2. The van der Waals surface area contributed by atoms with Crippen LogP contribution < -0.4 is 15.4 Å². The summed E-state index contributed by atoms with van der Waals surface area (Å²) in [5.74, 6) is 1.77. The lowest BCUT2D eigenvalue weighted by Crippen LogP contribution is -2.38. The maximum absolute atomic E-state index is 13.1. The Morgan fingerprint density at radius 1 is 1.16 bits per heavy atom. The number of halogens is 1. The Labute approximate surface area is 269 Å². The predicted octanol–water partition coefficient (Wildman–Crippen LogP) is 5.31. The molecule has 0 bridgehead atoms. The molecule has 4 heterocycles. The third-order valence-corrected chi connectivity index (χ3v) is 10.3. The number of ether oxygens (including phenoxy) is 2. The van der Waals surface area contributed by atoms with E-state index in [9.17, 15) is 4.79 Å². The number of carbonyl (C=O) groups excluding carboxylic acids is 1. The molecule has 3 aliphatic rings. The van der Waals surface area contributed by atoms with Gasteiger partial charge in [0, 0.05) is 42.8 Å². The van der Waals surface area contributed by atoms with E-state index >= 15 is 0 Å². The number of anilines is 1. The largest absolute Gasteiger partial charge is 0.486 e. The number of nitrogens with zero attached hydrogens (tertiary/aromatic N) is 4. The number of aromatic nitrogens is 1. The summed E-state index contributed by atoms with van der Waals surface area (Å²) < 4.78 is 11.3. The molecule has 1 saturated heterocycles. The smallest absolute Gasteiger partial charge is 0.229 e. The van der Waals surface area contributed by atoms with Gasteiger partial charge in [-0.1, -0.05) is 41.9 Å². The number of thiazole rings is 1. The summed E-state index contributed by atoms with van der Waals surface area (Å²) in [6, 6.07) is 15.9. The second-order valence-corrected chi connectivity index (χ2v) is 13.4. The second-order valence-electron chi connectivity index (χ2n) is 10.5. The van der Waals surface area contributed by atoms with Crippen molar-refractivity contribution < 1.29 is 14.3 Å². The van der Waals surface area contributed by atoms with Crippen LogP contribution in [-0.4, -0.2) is 77.2 Å². The average Bonchev–Trinajstić information content (AvgIpc) is 3.72. The van der Waals surface area contributed by atoms with Gasteiger partial charge in [-0.15, -0.1) is 21.8 Å². The number of aliphatic imine (C=N–C) groups is 1. The van der Waals surface area contributed by atoms with Crippen LogP contribution in [0, 0.1) is 0 Å². The van der Waals surface area contributed by atoms with E-state index in [-0.39, 0.29) is 5.91 Å². The highest BCUT2D eigenvalue weighted by molar-refractivity contribution is 8.19. The first kappa shape index (κ1) is 30.5. The fourth-order valence-corrected chi connectivity index (χ4v) is 7.80. The van der Waals surface area contributed by atoms with Crippen molar-refractivity contribution in [1.82, 2.24) is 20.1 Å². The van der Waals surface area contributed by atoms with Crippen molar-refractivity contribution in [1.29, 1.82) is 0 Å². The van der Waals surface area contributed by atoms with Crippen molar-refractivity contribution in [3.8, 4) is 5.75 Å². The Morgan fingerprint density at radius 2 is 2.02 bits per heavy atom. The molecular weight excluding hydrogens is 616 g/mol. The Morgan fingerprint density at radius 3 is 2.82 bits per heavy atom. The van der Waals surface area contributed by atoms with E-state index in [0.717, 1.165) is 61.2 Å². The Balaban J connectivity index is 1.15. The molecule has 1 fully saturated rings. The van der Waals surface area contributed by atoms with Gasteiger partial charge in [-0.2, -0.15) is 0 Å². The molecule has 3 aromatic rings. The number of amides is 1. The third-order valence-electron chi connectivity index (χ3n) is 7.33. The normalized spacial score (nSPS) is 18.1. The first-order valence-electron chi connectivity index (χ1n) is 14.6. The van der Waals surface area contributed by atoms with Crippen LogP contribution >= 0.6 is 33.4 Å². The molecule has 6 rings (SSSR count). The number of morpholine rings is 1. The van der Waals surface area contributed by atoms with Gasteiger partial charge in [0.25, 0.3) is 0 Å². The van der Waals surface area contributed by atoms with Crippen LogP contribution in [0.15, 0.2) is 87.3 Å². The number of benzene rings is 2. The Bertz CT molecular complexity index is 1570. The topological polar surface area (TPSA) is 91.3 Å². The minimum absolute atomic E-state index is 0.0606. The first-order valence-corrected chi connectivity index (χ1v) is 17.4. The molecule has 2 N–H and O–H groups in total. The van der Waals surface area contributed by atoms with Gasteiger partial charge in [-0.3, -0.25) is 9.69 Å². The fraction of sp³-hybridized carbons (Fsp3) is 0.312. The molecule has 9 nitrogen and oxygen atoms in total. The van der Waals surface area contributed by atoms with Crippen molar-refractivity contribution in [2.45, 2.75) is 19.6 Å². The van der Waals surface area contributed by atoms with Gasteiger partial charge >= 0.3 is 0 Å². The van der Waals surface area contributed by atoms with Crippen LogP contribution in [-0.2, 0) is 22.7 Å². The lowest BCUT2D eigenvalue weighted by molar-refractivity contribution is -0.118. The van der Waals surface area contributed by atoms with Gasteiger partial charge in [0.05, 0.1) is 46.5 Å². The summed E-state index contributed by atoms with van der Waals surface area (Å²) in [5.41, 5.74) is 5.59. The zero-order valence-electron chi connectivity index (χ0n) is 24.3. The van der Waals surface area contributed by atoms with Gasteiger partial charge < -0.3 is 25.0 Å². The van der Waals surface area contributed by atoms with E-state index in [0.29, 0.717) is 42.0 Å². The summed E-state index contributed by atoms with van der Waals surface area (Å²) in [4.78, 5) is 27.7. The molecule has 0 spiro atoms. The Kier molecular flexibility index (Phi) is 10.4. The van der Waals surface area contributed by atoms with Crippen molar-refractivity contribution in [3.63, 3.8) is 0 Å². The second kappa shape index (κ2) is 15.0. The lowest BCUT2D eigenvalue weighted by atomic mass is 10.1. The molecule has 0 aliphatic carbocycles. The number of carbonyl (C=O) groups is 1. The number of hydrogen-bond acceptors (Lipinski definition) is 9. The van der Waals surface area contributed by atoms with Crippen molar-refractivity contribution >= 4 is 56.3 Å². The first-order chi connectivity index (χ1) is 21.6. The van der Waals surface area contributed by atoms with E-state index in [4.69, 9.17) is 26.1 Å². The quantitative estimate of drug-likeness (QED) is 0.191. The highest BCUT2D eigenvalue weighted by Gasteiger charge is 2.27. The van der Waals surface area contributed by atoms with Crippen LogP contribution in [0.4, 0.5) is 5.69 Å². The van der Waals surface area contributed by atoms with Crippen LogP contribution in [0.25, 0.3) is 0 Å². The highest BCUT2D eigenvalue weighted by atomic mass is 35.5. The molecule has 12 heteroatoms. The van der Waals surface area contributed by atoms with E-state index in [1.54, 1.807) is 5.51 Å². The van der Waals surface area contributed by atoms with Crippen molar-refractivity contribution in [2.24, 2.45) is 4.99 Å². The summed E-state index contributed by atoms with van der Waals surface area (Å²) in [6.07, 6.45) is 4.86. The van der Waals surface area contributed by atoms with E-state index in [1.807, 2.05) is 48.1 Å². The molecule has 1 aromatic heterocycles. The van der Waals surface area contributed by atoms with Gasteiger partial charge in [-0.05, 0) is 48.2 Å². The summed E-state index contributed by atoms with van der Waals surface area (Å²) in [7, 11) is -0.409. The monoisotopic (exact) mass is 650 g/mol. The standard InChI is InChI=1S/C32H35ClN6O3S2/c33-28-17-25(7-8-29(28)42-19-26-20-43-23-36-26)37-31-27-9-16-44(21-30(40)34-10-4-11-38-12-14-41-15-13-38)32(27)39(22-35-31)18-24-5-2-1-3-6-24/h1-3,5-9,16-17,20,22-23,37H,4,10-15,18-19,21H2,(H,34,40). The molecule has 1 amide bonds. The molecule has 1 atom stereocenters. The van der Waals surface area contributed by atoms with Gasteiger partial charge in [0.2, 0.25) is 5.91 Å². The molecule has 0 radical (unpaired) electrons. The zero-order valence-corrected chi connectivity index (χ0v) is 26.7. The maximum atomic E-state index is 13.1. The van der Waals surface area contributed by atoms with Gasteiger partial charge in [-0.25, -0.2) is 9.98 Å². The van der Waals surface area contributed by atoms with E-state index in [1.165, 1.54) is 16.9 Å². The molecule has 0 saturated carbocycles. The zero-order chi connectivity index (χ0) is 30.1. The molecule has 2 aromatic carbocycles. The molecule has 3 aliphatic heterocycles. The Hall–Kier alpha value is -3.48. The molecular formula is C32H35ClN6O3S2. The number of hydrogen-bond donors (Lipinski definition) is 2. The van der Waals surface area contributed by atoms with Gasteiger partial charge in [0.1, 0.15) is 18.2 Å². The maximum Gasteiger partial charge on any atom is 0.229 e. The average molecular weight is 651 g/mol.